The lowest BCUT2D eigenvalue weighted by Crippen LogP contribution is -2.45. The Morgan fingerprint density at radius 1 is 1.06 bits per heavy atom. The Morgan fingerprint density at radius 3 is 2.36 bits per heavy atom. The number of nitrogens with zero attached hydrogens (tertiary/aromatic N) is 2. The smallest absolute Gasteiger partial charge is 0.408 e. The summed E-state index contributed by atoms with van der Waals surface area (Å²) < 4.78 is 60.0. The Balaban J connectivity index is 1.70. The number of ether oxygens (including phenoxy) is 3. The number of carboxylic acid groups (broad SMARTS) is 1. The predicted molar refractivity (Wildman–Crippen MR) is 188 cm³/mol. The minimum Gasteiger partial charge on any atom is -0.480 e. The van der Waals surface area contributed by atoms with Crippen LogP contribution in [0, 0.1) is 5.82 Å². The van der Waals surface area contributed by atoms with Gasteiger partial charge in [-0.1, -0.05) is 23.2 Å². The molecule has 1 amide bonds. The first-order chi connectivity index (χ1) is 23.2. The van der Waals surface area contributed by atoms with Gasteiger partial charge in [-0.3, -0.25) is 0 Å². The predicted octanol–water partition coefficient (Wildman–Crippen LogP) is 6.56. The first-order valence-corrected chi connectivity index (χ1v) is 18.5. The van der Waals surface area contributed by atoms with Crippen molar-refractivity contribution in [2.24, 2.45) is 0 Å². The molecule has 2 atom stereocenters. The number of anilines is 1. The van der Waals surface area contributed by atoms with Crippen LogP contribution in [-0.4, -0.2) is 72.4 Å². The van der Waals surface area contributed by atoms with Crippen molar-refractivity contribution >= 4 is 62.4 Å². The van der Waals surface area contributed by atoms with Gasteiger partial charge >= 0.3 is 12.1 Å². The SMILES string of the molecule is CC(C)(C)OC(=O)N[C@@H](CCNCCCc1cc(Cl)ccc1Oc1cc(F)c(S(=O)(=O)N(c2cscn2)C(O)OC(C)(C)C)cc1Cl)C(=O)O. The topological polar surface area (TPSA) is 177 Å². The summed E-state index contributed by atoms with van der Waals surface area (Å²) in [5.41, 5.74) is 0.254. The van der Waals surface area contributed by atoms with E-state index in [1.165, 1.54) is 10.9 Å². The molecule has 1 heterocycles. The summed E-state index contributed by atoms with van der Waals surface area (Å²) in [7, 11) is -4.79. The highest BCUT2D eigenvalue weighted by molar-refractivity contribution is 7.92. The maximum absolute atomic E-state index is 15.6. The molecule has 0 fully saturated rings. The van der Waals surface area contributed by atoms with Crippen LogP contribution < -0.4 is 19.7 Å². The number of carbonyl (C=O) groups is 2. The molecular weight excluding hydrogens is 738 g/mol. The van der Waals surface area contributed by atoms with Crippen LogP contribution in [0.3, 0.4) is 0 Å². The Kier molecular flexibility index (Phi) is 14.3. The number of nitrogens with one attached hydrogen (secondary N) is 2. The number of aliphatic hydroxyl groups excluding tert-OH is 1. The van der Waals surface area contributed by atoms with Crippen molar-refractivity contribution in [3.05, 3.63) is 62.6 Å². The zero-order valence-corrected chi connectivity index (χ0v) is 31.5. The molecule has 18 heteroatoms. The Labute approximate surface area is 304 Å². The molecule has 3 aromatic rings. The molecule has 1 aromatic heterocycles. The van der Waals surface area contributed by atoms with Crippen molar-refractivity contribution in [3.8, 4) is 11.5 Å². The number of hydrogen-bond donors (Lipinski definition) is 4. The van der Waals surface area contributed by atoms with Crippen LogP contribution in [0.5, 0.6) is 11.5 Å². The molecule has 0 aliphatic carbocycles. The van der Waals surface area contributed by atoms with Gasteiger partial charge in [0.2, 0.25) is 0 Å². The van der Waals surface area contributed by atoms with Crippen molar-refractivity contribution in [3.63, 3.8) is 0 Å². The summed E-state index contributed by atoms with van der Waals surface area (Å²) in [6.07, 6.45) is -1.76. The normalized spacial score (nSPS) is 13.4. The van der Waals surface area contributed by atoms with Gasteiger partial charge in [-0.25, -0.2) is 27.4 Å². The summed E-state index contributed by atoms with van der Waals surface area (Å²) in [6, 6.07) is 5.35. The van der Waals surface area contributed by atoms with Crippen LogP contribution in [-0.2, 0) is 30.7 Å². The molecule has 4 N–H and O–H groups in total. The van der Waals surface area contributed by atoms with Gasteiger partial charge in [-0.05, 0) is 104 Å². The van der Waals surface area contributed by atoms with E-state index in [1.54, 1.807) is 59.7 Å². The van der Waals surface area contributed by atoms with Gasteiger partial charge in [0.05, 0.1) is 16.1 Å². The molecule has 2 aromatic carbocycles. The van der Waals surface area contributed by atoms with Gasteiger partial charge in [0.15, 0.2) is 5.82 Å². The molecule has 0 aliphatic heterocycles. The average Bonchev–Trinajstić information content (AvgIpc) is 3.49. The highest BCUT2D eigenvalue weighted by Crippen LogP contribution is 2.38. The molecule has 276 valence electrons. The minimum absolute atomic E-state index is 0.111. The molecule has 50 heavy (non-hydrogen) atoms. The summed E-state index contributed by atoms with van der Waals surface area (Å²) >= 11 is 13.7. The largest absolute Gasteiger partial charge is 0.480 e. The number of benzene rings is 2. The number of alkyl carbamates (subject to hydrolysis) is 1. The first kappa shape index (κ1) is 41.2. The highest BCUT2D eigenvalue weighted by atomic mass is 35.5. The second-order valence-electron chi connectivity index (χ2n) is 13.0. The fourth-order valence-corrected chi connectivity index (χ4v) is 6.83. The number of aromatic nitrogens is 1. The van der Waals surface area contributed by atoms with E-state index in [4.69, 9.17) is 37.4 Å². The van der Waals surface area contributed by atoms with E-state index in [2.05, 4.69) is 15.6 Å². The quantitative estimate of drug-likeness (QED) is 0.0915. The number of halogens is 3. The van der Waals surface area contributed by atoms with E-state index in [9.17, 15) is 28.2 Å². The number of carbonyl (C=O) groups excluding carboxylic acids is 1. The van der Waals surface area contributed by atoms with Crippen molar-refractivity contribution in [1.29, 1.82) is 0 Å². The van der Waals surface area contributed by atoms with Crippen molar-refractivity contribution < 1.29 is 46.8 Å². The number of carboxylic acids is 1. The van der Waals surface area contributed by atoms with Crippen molar-refractivity contribution in [2.45, 2.75) is 89.4 Å². The van der Waals surface area contributed by atoms with Crippen LogP contribution in [0.25, 0.3) is 0 Å². The van der Waals surface area contributed by atoms with Crippen LogP contribution in [0.4, 0.5) is 15.0 Å². The second kappa shape index (κ2) is 17.3. The molecule has 0 saturated heterocycles. The lowest BCUT2D eigenvalue weighted by molar-refractivity contribution is -0.157. The van der Waals surface area contributed by atoms with E-state index in [1.807, 2.05) is 0 Å². The monoisotopic (exact) mass is 778 g/mol. The average molecular weight is 780 g/mol. The fraction of sp³-hybridized carbons (Fsp3) is 0.469. The Morgan fingerprint density at radius 2 is 1.76 bits per heavy atom. The molecule has 0 saturated carbocycles. The number of aliphatic carboxylic acids is 1. The number of hydrogen-bond acceptors (Lipinski definition) is 11. The maximum Gasteiger partial charge on any atom is 0.408 e. The molecule has 13 nitrogen and oxygen atoms in total. The summed E-state index contributed by atoms with van der Waals surface area (Å²) in [4.78, 5) is 26.7. The zero-order chi connectivity index (χ0) is 37.4. The summed E-state index contributed by atoms with van der Waals surface area (Å²) in [6.45, 7) is 10.6. The third kappa shape index (κ3) is 12.2. The van der Waals surface area contributed by atoms with E-state index in [-0.39, 0.29) is 35.3 Å². The molecule has 1 unspecified atom stereocenters. The van der Waals surface area contributed by atoms with Crippen LogP contribution >= 0.6 is 34.5 Å². The van der Waals surface area contributed by atoms with Crippen LogP contribution in [0.2, 0.25) is 10.0 Å². The molecule has 3 rings (SSSR count). The van der Waals surface area contributed by atoms with E-state index >= 15 is 4.39 Å². The number of thiazole rings is 1. The fourth-order valence-electron chi connectivity index (χ4n) is 4.37. The molecule has 0 aliphatic rings. The molecule has 0 bridgehead atoms. The van der Waals surface area contributed by atoms with Gasteiger partial charge in [0, 0.05) is 16.5 Å². The van der Waals surface area contributed by atoms with Crippen molar-refractivity contribution in [1.82, 2.24) is 15.6 Å². The van der Waals surface area contributed by atoms with E-state index in [0.717, 1.165) is 23.5 Å². The van der Waals surface area contributed by atoms with Gasteiger partial charge in [-0.2, -0.15) is 4.31 Å². The number of aryl methyl sites for hydroxylation is 1. The van der Waals surface area contributed by atoms with Crippen molar-refractivity contribution in [2.75, 3.05) is 17.4 Å². The minimum atomic E-state index is -4.79. The molecular formula is C32H41Cl2FN4O9S2. The number of amides is 1. The lowest BCUT2D eigenvalue weighted by atomic mass is 10.1. The van der Waals surface area contributed by atoms with Crippen LogP contribution in [0.1, 0.15) is 59.9 Å². The van der Waals surface area contributed by atoms with E-state index < -0.39 is 56.5 Å². The van der Waals surface area contributed by atoms with Crippen LogP contribution in [0.15, 0.2) is 46.1 Å². The van der Waals surface area contributed by atoms with Gasteiger partial charge in [-0.15, -0.1) is 11.3 Å². The van der Waals surface area contributed by atoms with Gasteiger partial charge < -0.3 is 35.1 Å². The number of aliphatic hydroxyl groups is 1. The zero-order valence-electron chi connectivity index (χ0n) is 28.3. The second-order valence-corrected chi connectivity index (χ2v) is 16.3. The standard InChI is InChI=1S/C32H41Cl2FN4O9S2/c1-31(2,3)47-29(42)38-23(28(40)41)11-13-36-12-7-8-19-14-20(33)9-10-24(19)46-25-16-22(35)26(15-21(25)34)50(44,45)39(27-17-49-18-37-27)30(43)48-32(4,5)6/h9-10,14-18,23,30,36,43H,7-8,11-13H2,1-6H3,(H,38,42)(H,40,41)/t23-,30?/m0/s1. The number of sulfonamides is 1. The summed E-state index contributed by atoms with van der Waals surface area (Å²) in [5, 5.41) is 27.2. The third-order valence-corrected chi connectivity index (χ3v) is 9.33. The maximum atomic E-state index is 15.6. The van der Waals surface area contributed by atoms with Gasteiger partial charge in [0.1, 0.15) is 33.9 Å². The highest BCUT2D eigenvalue weighted by Gasteiger charge is 2.37. The molecule has 0 spiro atoms. The summed E-state index contributed by atoms with van der Waals surface area (Å²) in [5.74, 6) is -2.45. The Bertz CT molecular complexity index is 1730. The lowest BCUT2D eigenvalue weighted by Gasteiger charge is -2.32. The Hall–Kier alpha value is -3.25. The third-order valence-electron chi connectivity index (χ3n) is 6.47. The first-order valence-electron chi connectivity index (χ1n) is 15.3. The van der Waals surface area contributed by atoms with Gasteiger partial charge in [0.25, 0.3) is 16.4 Å². The van der Waals surface area contributed by atoms with E-state index in [0.29, 0.717) is 34.3 Å². The molecule has 0 radical (unpaired) electrons. The number of rotatable bonds is 16.